The van der Waals surface area contributed by atoms with Gasteiger partial charge in [-0.1, -0.05) is 44.2 Å². The van der Waals surface area contributed by atoms with Gasteiger partial charge in [0, 0.05) is 30.2 Å². The fraction of sp³-hybridized carbons (Fsp3) is 0.360. The van der Waals surface area contributed by atoms with Gasteiger partial charge in [-0.3, -0.25) is 4.79 Å². The monoisotopic (exact) mass is 401 g/mol. The van der Waals surface area contributed by atoms with E-state index in [1.807, 2.05) is 30.9 Å². The normalized spacial score (nSPS) is 15.9. The Morgan fingerprint density at radius 1 is 1.13 bits per heavy atom. The summed E-state index contributed by atoms with van der Waals surface area (Å²) in [6.07, 6.45) is 1.26. The zero-order valence-corrected chi connectivity index (χ0v) is 17.5. The van der Waals surface area contributed by atoms with E-state index in [-0.39, 0.29) is 11.8 Å². The lowest BCUT2D eigenvalue weighted by atomic mass is 9.92. The van der Waals surface area contributed by atoms with E-state index in [9.17, 15) is 10.1 Å². The van der Waals surface area contributed by atoms with E-state index in [1.165, 1.54) is 11.1 Å². The largest absolute Gasteiger partial charge is 0.479 e. The fourth-order valence-corrected chi connectivity index (χ4v) is 4.18. The van der Waals surface area contributed by atoms with Crippen molar-refractivity contribution >= 4 is 16.8 Å². The molecule has 154 valence electrons. The van der Waals surface area contributed by atoms with Crippen LogP contribution in [0.5, 0.6) is 5.75 Å². The van der Waals surface area contributed by atoms with E-state index < -0.39 is 6.10 Å². The molecule has 0 aliphatic carbocycles. The van der Waals surface area contributed by atoms with Crippen molar-refractivity contribution in [2.75, 3.05) is 13.1 Å². The van der Waals surface area contributed by atoms with E-state index >= 15 is 0 Å². The van der Waals surface area contributed by atoms with Crippen LogP contribution in [0.15, 0.2) is 54.6 Å². The van der Waals surface area contributed by atoms with Crippen molar-refractivity contribution in [2.24, 2.45) is 5.92 Å². The Hall–Kier alpha value is -3.26. The zero-order chi connectivity index (χ0) is 21.1. The number of rotatable bonds is 5. The predicted octanol–water partition coefficient (Wildman–Crippen LogP) is 4.85. The summed E-state index contributed by atoms with van der Waals surface area (Å²) in [5, 5.41) is 10.6. The van der Waals surface area contributed by atoms with Crippen molar-refractivity contribution in [3.05, 3.63) is 65.9 Å². The van der Waals surface area contributed by atoms with Gasteiger partial charge in [-0.15, -0.1) is 0 Å². The molecule has 0 bridgehead atoms. The molecule has 1 atom stereocenters. The number of hydrogen-bond acceptors (Lipinski definition) is 3. The number of para-hydroxylation sites is 2. The maximum Gasteiger partial charge on any atom is 0.263 e. The molecule has 1 aromatic heterocycles. The number of piperidine rings is 1. The van der Waals surface area contributed by atoms with E-state index in [1.54, 1.807) is 18.2 Å². The molecule has 4 rings (SSSR count). The Balaban J connectivity index is 1.43. The van der Waals surface area contributed by atoms with Gasteiger partial charge in [-0.05, 0) is 48.4 Å². The van der Waals surface area contributed by atoms with Gasteiger partial charge in [0.25, 0.3) is 5.91 Å². The summed E-state index contributed by atoms with van der Waals surface area (Å²) in [6.45, 7) is 5.39. The van der Waals surface area contributed by atoms with Crippen molar-refractivity contribution in [3.8, 4) is 11.8 Å². The lowest BCUT2D eigenvalue weighted by Gasteiger charge is -2.35. The van der Waals surface area contributed by atoms with Crippen LogP contribution in [0, 0.1) is 17.2 Å². The Morgan fingerprint density at radius 3 is 2.53 bits per heavy atom. The number of nitrogens with one attached hydrogen (secondary N) is 1. The van der Waals surface area contributed by atoms with Gasteiger partial charge in [0.2, 0.25) is 0 Å². The maximum atomic E-state index is 13.2. The molecule has 5 nitrogen and oxygen atoms in total. The first-order valence-corrected chi connectivity index (χ1v) is 10.6. The summed E-state index contributed by atoms with van der Waals surface area (Å²) in [7, 11) is 0. The molecule has 2 aromatic carbocycles. The van der Waals surface area contributed by atoms with E-state index in [4.69, 9.17) is 4.74 Å². The van der Waals surface area contributed by atoms with Gasteiger partial charge in [0.05, 0.1) is 5.56 Å². The number of likely N-dealkylation sites (tertiary alicyclic amines) is 1. The molecule has 1 saturated heterocycles. The summed E-state index contributed by atoms with van der Waals surface area (Å²) in [4.78, 5) is 18.7. The molecule has 1 aliphatic heterocycles. The minimum atomic E-state index is -0.593. The number of carbonyl (C=O) groups excluding carboxylic acids is 1. The number of H-pyrrole nitrogens is 1. The van der Waals surface area contributed by atoms with Crippen molar-refractivity contribution in [1.82, 2.24) is 9.88 Å². The summed E-state index contributed by atoms with van der Waals surface area (Å²) in [5.74, 6) is 0.919. The van der Waals surface area contributed by atoms with Gasteiger partial charge in [-0.25, -0.2) is 0 Å². The Bertz CT molecular complexity index is 1040. The number of nitrogens with zero attached hydrogens (tertiary/aromatic N) is 2. The molecule has 30 heavy (non-hydrogen) atoms. The standard InChI is InChI=1S/C25H27N3O2/c1-17(2)24(30-23-10-6-4-8-20(23)16-26)25(29)28-13-11-18(12-14-28)22-15-19-7-3-5-9-21(19)27-22/h3-10,15,17-18,24,27H,11-14H2,1-2H3. The highest BCUT2D eigenvalue weighted by Gasteiger charge is 2.32. The molecule has 0 saturated carbocycles. The van der Waals surface area contributed by atoms with Gasteiger partial charge in [0.1, 0.15) is 11.8 Å². The van der Waals surface area contributed by atoms with Crippen molar-refractivity contribution < 1.29 is 9.53 Å². The highest BCUT2D eigenvalue weighted by atomic mass is 16.5. The van der Waals surface area contributed by atoms with Crippen LogP contribution in [-0.2, 0) is 4.79 Å². The first kappa shape index (κ1) is 20.0. The second-order valence-corrected chi connectivity index (χ2v) is 8.30. The highest BCUT2D eigenvalue weighted by molar-refractivity contribution is 5.82. The molecular weight excluding hydrogens is 374 g/mol. The minimum absolute atomic E-state index is 0.00726. The highest BCUT2D eigenvalue weighted by Crippen LogP contribution is 2.31. The fourth-order valence-electron chi connectivity index (χ4n) is 4.18. The van der Waals surface area contributed by atoms with Gasteiger partial charge in [-0.2, -0.15) is 5.26 Å². The second kappa shape index (κ2) is 8.62. The first-order valence-electron chi connectivity index (χ1n) is 10.6. The maximum absolute atomic E-state index is 13.2. The van der Waals surface area contributed by atoms with Gasteiger partial charge >= 0.3 is 0 Å². The molecular formula is C25H27N3O2. The Labute approximate surface area is 177 Å². The van der Waals surface area contributed by atoms with Crippen molar-refractivity contribution in [2.45, 2.75) is 38.7 Å². The zero-order valence-electron chi connectivity index (χ0n) is 17.5. The quantitative estimate of drug-likeness (QED) is 0.664. The van der Waals surface area contributed by atoms with Crippen LogP contribution in [0.1, 0.15) is 43.9 Å². The van der Waals surface area contributed by atoms with Crippen LogP contribution in [-0.4, -0.2) is 35.0 Å². The summed E-state index contributed by atoms with van der Waals surface area (Å²) in [5.41, 5.74) is 2.87. The van der Waals surface area contributed by atoms with E-state index in [0.29, 0.717) is 30.3 Å². The number of ether oxygens (including phenoxy) is 1. The third-order valence-corrected chi connectivity index (χ3v) is 5.91. The summed E-state index contributed by atoms with van der Waals surface area (Å²) < 4.78 is 6.04. The number of carbonyl (C=O) groups is 1. The molecule has 0 radical (unpaired) electrons. The number of aromatic amines is 1. The van der Waals surface area contributed by atoms with Crippen molar-refractivity contribution in [3.63, 3.8) is 0 Å². The summed E-state index contributed by atoms with van der Waals surface area (Å²) in [6, 6.07) is 19.8. The Kier molecular flexibility index (Phi) is 5.76. The number of nitriles is 1. The van der Waals surface area contributed by atoms with E-state index in [0.717, 1.165) is 18.4 Å². The van der Waals surface area contributed by atoms with Gasteiger partial charge in [0.15, 0.2) is 6.10 Å². The van der Waals surface area contributed by atoms with Crippen LogP contribution >= 0.6 is 0 Å². The molecule has 1 amide bonds. The molecule has 0 spiro atoms. The SMILES string of the molecule is CC(C)C(Oc1ccccc1C#N)C(=O)N1CCC(c2cc3ccccc3[nH]2)CC1. The number of fused-ring (bicyclic) bond motifs is 1. The minimum Gasteiger partial charge on any atom is -0.479 e. The van der Waals surface area contributed by atoms with E-state index in [2.05, 4.69) is 35.3 Å². The average Bonchev–Trinajstić information content (AvgIpc) is 3.21. The first-order chi connectivity index (χ1) is 14.6. The lowest BCUT2D eigenvalue weighted by molar-refractivity contribution is -0.141. The van der Waals surface area contributed by atoms with Crippen LogP contribution in [0.3, 0.4) is 0 Å². The molecule has 5 heteroatoms. The van der Waals surface area contributed by atoms with Crippen LogP contribution in [0.4, 0.5) is 0 Å². The number of benzene rings is 2. The summed E-state index contributed by atoms with van der Waals surface area (Å²) >= 11 is 0. The molecule has 1 fully saturated rings. The average molecular weight is 402 g/mol. The number of hydrogen-bond donors (Lipinski definition) is 1. The molecule has 2 heterocycles. The molecule has 1 unspecified atom stereocenters. The molecule has 1 aliphatic rings. The number of aromatic nitrogens is 1. The van der Waals surface area contributed by atoms with Gasteiger partial charge < -0.3 is 14.6 Å². The van der Waals surface area contributed by atoms with Crippen molar-refractivity contribution in [1.29, 1.82) is 5.26 Å². The van der Waals surface area contributed by atoms with Crippen LogP contribution in [0.25, 0.3) is 10.9 Å². The smallest absolute Gasteiger partial charge is 0.263 e. The third-order valence-electron chi connectivity index (χ3n) is 5.91. The number of amides is 1. The lowest BCUT2D eigenvalue weighted by Crippen LogP contribution is -2.47. The molecule has 3 aromatic rings. The van der Waals surface area contributed by atoms with Crippen LogP contribution in [0.2, 0.25) is 0 Å². The van der Waals surface area contributed by atoms with Crippen LogP contribution < -0.4 is 4.74 Å². The Morgan fingerprint density at radius 2 is 1.83 bits per heavy atom. The predicted molar refractivity (Wildman–Crippen MR) is 117 cm³/mol. The molecule has 1 N–H and O–H groups in total. The third kappa shape index (κ3) is 4.04. The second-order valence-electron chi connectivity index (χ2n) is 8.30. The topological polar surface area (TPSA) is 69.1 Å².